The number of hydrogen-bond acceptors (Lipinski definition) is 6. The summed E-state index contributed by atoms with van der Waals surface area (Å²) in [5.74, 6) is 2.19. The molecule has 1 N–H and O–H groups in total. The van der Waals surface area contributed by atoms with E-state index in [9.17, 15) is 9.90 Å². The molecule has 35 heavy (non-hydrogen) atoms. The number of piperidine rings is 1. The molecule has 1 aromatic carbocycles. The molecule has 0 amide bonds. The molecule has 3 heterocycles. The van der Waals surface area contributed by atoms with Crippen LogP contribution in [-0.4, -0.2) is 66.9 Å². The van der Waals surface area contributed by atoms with E-state index in [-0.39, 0.29) is 6.04 Å². The molecular formula is C28H39N3O4. The molecule has 2 aliphatic heterocycles. The Morgan fingerprint density at radius 1 is 1.11 bits per heavy atom. The number of ether oxygens (including phenoxy) is 2. The molecule has 2 fully saturated rings. The number of nitrogens with zero attached hydrogens (tertiary/aromatic N) is 3. The van der Waals surface area contributed by atoms with Crippen LogP contribution in [0, 0.1) is 11.8 Å². The highest BCUT2D eigenvalue weighted by Gasteiger charge is 2.34. The number of fused-ring (bicyclic) bond motifs is 3. The van der Waals surface area contributed by atoms with Gasteiger partial charge in [0.25, 0.3) is 0 Å². The molecule has 5 rings (SSSR count). The number of hydrogen-bond donors (Lipinski definition) is 1. The Morgan fingerprint density at radius 3 is 2.74 bits per heavy atom. The Kier molecular flexibility index (Phi) is 7.61. The molecule has 0 radical (unpaired) electrons. The lowest BCUT2D eigenvalue weighted by Crippen LogP contribution is -2.48. The first-order valence-corrected chi connectivity index (χ1v) is 13.4. The zero-order chi connectivity index (χ0) is 24.2. The highest BCUT2D eigenvalue weighted by Crippen LogP contribution is 2.39. The van der Waals surface area contributed by atoms with Crippen molar-refractivity contribution in [2.24, 2.45) is 11.8 Å². The van der Waals surface area contributed by atoms with Crippen molar-refractivity contribution >= 4 is 22.6 Å². The fourth-order valence-electron chi connectivity index (χ4n) is 6.34. The average Bonchev–Trinajstić information content (AvgIpc) is 2.90. The maximum absolute atomic E-state index is 12.2. The molecule has 0 unspecified atom stereocenters. The van der Waals surface area contributed by atoms with E-state index in [0.717, 1.165) is 85.9 Å². The SMILES string of the molecule is COc1ccc2ncc3c(c2c1)N(CC[C@H]1CCN(CCC2CCCCC2)[C@H](C(=O)O)C1)CCO3. The van der Waals surface area contributed by atoms with Gasteiger partial charge in [0.05, 0.1) is 31.1 Å². The van der Waals surface area contributed by atoms with Crippen molar-refractivity contribution in [2.45, 2.75) is 63.8 Å². The highest BCUT2D eigenvalue weighted by atomic mass is 16.5. The van der Waals surface area contributed by atoms with Crippen molar-refractivity contribution in [1.29, 1.82) is 0 Å². The van der Waals surface area contributed by atoms with Crippen LogP contribution in [0.5, 0.6) is 11.5 Å². The van der Waals surface area contributed by atoms with Gasteiger partial charge in [0.1, 0.15) is 18.4 Å². The quantitative estimate of drug-likeness (QED) is 0.571. The number of pyridine rings is 1. The molecule has 1 saturated heterocycles. The van der Waals surface area contributed by atoms with Gasteiger partial charge >= 0.3 is 5.97 Å². The molecule has 7 heteroatoms. The van der Waals surface area contributed by atoms with E-state index in [4.69, 9.17) is 9.47 Å². The minimum absolute atomic E-state index is 0.344. The number of carboxylic acid groups (broad SMARTS) is 1. The second kappa shape index (κ2) is 11.0. The van der Waals surface area contributed by atoms with Crippen LogP contribution in [0.4, 0.5) is 5.69 Å². The molecule has 7 nitrogen and oxygen atoms in total. The first-order valence-electron chi connectivity index (χ1n) is 13.4. The van der Waals surface area contributed by atoms with Crippen molar-refractivity contribution in [3.05, 3.63) is 24.4 Å². The maximum Gasteiger partial charge on any atom is 0.320 e. The van der Waals surface area contributed by atoms with Crippen molar-refractivity contribution in [1.82, 2.24) is 9.88 Å². The number of aromatic nitrogens is 1. The zero-order valence-electron chi connectivity index (χ0n) is 21.0. The average molecular weight is 482 g/mol. The van der Waals surface area contributed by atoms with E-state index in [1.807, 2.05) is 24.4 Å². The third-order valence-electron chi connectivity index (χ3n) is 8.41. The van der Waals surface area contributed by atoms with Crippen molar-refractivity contribution in [3.8, 4) is 11.5 Å². The van der Waals surface area contributed by atoms with Crippen molar-refractivity contribution in [2.75, 3.05) is 44.8 Å². The molecule has 3 aliphatic rings. The molecule has 1 aliphatic carbocycles. The summed E-state index contributed by atoms with van der Waals surface area (Å²) in [6.45, 7) is 4.20. The van der Waals surface area contributed by atoms with E-state index < -0.39 is 5.97 Å². The monoisotopic (exact) mass is 481 g/mol. The van der Waals surface area contributed by atoms with Gasteiger partial charge in [0.15, 0.2) is 5.75 Å². The molecule has 2 aromatic rings. The Bertz CT molecular complexity index is 1020. The number of likely N-dealkylation sites (tertiary alicyclic amines) is 1. The first-order chi connectivity index (χ1) is 17.1. The van der Waals surface area contributed by atoms with E-state index in [1.54, 1.807) is 7.11 Å². The van der Waals surface area contributed by atoms with Gasteiger partial charge in [-0.05, 0) is 68.8 Å². The minimum atomic E-state index is -0.653. The van der Waals surface area contributed by atoms with Gasteiger partial charge in [-0.1, -0.05) is 32.1 Å². The standard InChI is InChI=1S/C28H39N3O4/c1-34-22-7-8-24-23(18-22)27-26(19-29-24)35-16-15-31(27)14-11-21-10-13-30(25(17-21)28(32)33)12-9-20-5-3-2-4-6-20/h7-8,18-21,25H,2-6,9-17H2,1H3,(H,32,33)/t21-,25+/m1/s1. The van der Waals surface area contributed by atoms with E-state index in [1.165, 1.54) is 32.1 Å². The summed E-state index contributed by atoms with van der Waals surface area (Å²) in [5.41, 5.74) is 2.01. The van der Waals surface area contributed by atoms with Crippen LogP contribution in [0.1, 0.15) is 57.8 Å². The predicted octanol–water partition coefficient (Wildman–Crippen LogP) is 4.97. The number of methoxy groups -OCH3 is 1. The van der Waals surface area contributed by atoms with Gasteiger partial charge < -0.3 is 19.5 Å². The lowest BCUT2D eigenvalue weighted by Gasteiger charge is -2.39. The molecule has 190 valence electrons. The third-order valence-corrected chi connectivity index (χ3v) is 8.41. The fraction of sp³-hybridized carbons (Fsp3) is 0.643. The smallest absolute Gasteiger partial charge is 0.320 e. The van der Waals surface area contributed by atoms with Gasteiger partial charge in [-0.25, -0.2) is 0 Å². The Morgan fingerprint density at radius 2 is 1.94 bits per heavy atom. The largest absolute Gasteiger partial charge is 0.497 e. The molecule has 1 saturated carbocycles. The topological polar surface area (TPSA) is 75.1 Å². The molecule has 0 bridgehead atoms. The lowest BCUT2D eigenvalue weighted by atomic mass is 9.85. The van der Waals surface area contributed by atoms with Crippen LogP contribution in [0.3, 0.4) is 0 Å². The molecule has 0 spiro atoms. The second-order valence-electron chi connectivity index (χ2n) is 10.6. The number of anilines is 1. The van der Waals surface area contributed by atoms with Crippen molar-refractivity contribution < 1.29 is 19.4 Å². The molecular weight excluding hydrogens is 442 g/mol. The molecule has 1 aromatic heterocycles. The van der Waals surface area contributed by atoms with Gasteiger partial charge in [0, 0.05) is 11.9 Å². The van der Waals surface area contributed by atoms with Gasteiger partial charge in [-0.3, -0.25) is 14.7 Å². The van der Waals surface area contributed by atoms with Crippen molar-refractivity contribution in [3.63, 3.8) is 0 Å². The van der Waals surface area contributed by atoms with Crippen LogP contribution in [0.25, 0.3) is 10.9 Å². The second-order valence-corrected chi connectivity index (χ2v) is 10.6. The zero-order valence-corrected chi connectivity index (χ0v) is 21.0. The Labute approximate surface area is 208 Å². The Balaban J connectivity index is 1.23. The van der Waals surface area contributed by atoms with E-state index in [0.29, 0.717) is 12.5 Å². The normalized spacial score (nSPS) is 23.6. The number of carboxylic acids is 1. The van der Waals surface area contributed by atoms with E-state index >= 15 is 0 Å². The highest BCUT2D eigenvalue weighted by molar-refractivity contribution is 5.96. The third kappa shape index (κ3) is 5.50. The van der Waals surface area contributed by atoms with Gasteiger partial charge in [-0.2, -0.15) is 0 Å². The van der Waals surface area contributed by atoms with Crippen LogP contribution in [0.2, 0.25) is 0 Å². The summed E-state index contributed by atoms with van der Waals surface area (Å²) >= 11 is 0. The summed E-state index contributed by atoms with van der Waals surface area (Å²) in [6, 6.07) is 5.61. The lowest BCUT2D eigenvalue weighted by molar-refractivity contribution is -0.145. The summed E-state index contributed by atoms with van der Waals surface area (Å²) in [5, 5.41) is 11.0. The Hall–Kier alpha value is -2.54. The summed E-state index contributed by atoms with van der Waals surface area (Å²) in [7, 11) is 1.68. The number of aliphatic carboxylic acids is 1. The van der Waals surface area contributed by atoms with Crippen LogP contribution < -0.4 is 14.4 Å². The van der Waals surface area contributed by atoms with E-state index in [2.05, 4.69) is 14.8 Å². The fourth-order valence-corrected chi connectivity index (χ4v) is 6.34. The predicted molar refractivity (Wildman–Crippen MR) is 138 cm³/mol. The van der Waals surface area contributed by atoms with Gasteiger partial charge in [0.2, 0.25) is 0 Å². The molecule has 2 atom stereocenters. The van der Waals surface area contributed by atoms with Crippen LogP contribution in [-0.2, 0) is 4.79 Å². The van der Waals surface area contributed by atoms with Crippen LogP contribution in [0.15, 0.2) is 24.4 Å². The summed E-state index contributed by atoms with van der Waals surface area (Å²) in [6.07, 6.45) is 12.5. The maximum atomic E-state index is 12.2. The van der Waals surface area contributed by atoms with Crippen LogP contribution >= 0.6 is 0 Å². The first kappa shape index (κ1) is 24.2. The number of rotatable bonds is 8. The summed E-state index contributed by atoms with van der Waals surface area (Å²) in [4.78, 5) is 21.4. The number of carbonyl (C=O) groups is 1. The summed E-state index contributed by atoms with van der Waals surface area (Å²) < 4.78 is 11.4. The number of benzene rings is 1. The van der Waals surface area contributed by atoms with Gasteiger partial charge in [-0.15, -0.1) is 0 Å². The minimum Gasteiger partial charge on any atom is -0.497 e.